The number of aliphatic carboxylic acids is 1. The van der Waals surface area contributed by atoms with Gasteiger partial charge in [0.15, 0.2) is 0 Å². The lowest BCUT2D eigenvalue weighted by Crippen LogP contribution is -2.40. The van der Waals surface area contributed by atoms with Crippen LogP contribution >= 0.6 is 0 Å². The monoisotopic (exact) mass is 342 g/mol. The van der Waals surface area contributed by atoms with Crippen molar-refractivity contribution in [3.05, 3.63) is 53.9 Å². The average molecular weight is 342 g/mol. The number of nitrogens with zero attached hydrogens (tertiary/aromatic N) is 3. The summed E-state index contributed by atoms with van der Waals surface area (Å²) in [5.41, 5.74) is 1.22. The third kappa shape index (κ3) is 3.99. The minimum absolute atomic E-state index is 0.235. The van der Waals surface area contributed by atoms with E-state index in [1.54, 1.807) is 18.0 Å². The Kier molecular flexibility index (Phi) is 4.74. The first-order chi connectivity index (χ1) is 12.0. The molecular formula is C18H22N4O3. The molecule has 0 saturated carbocycles. The van der Waals surface area contributed by atoms with Gasteiger partial charge in [-0.1, -0.05) is 30.3 Å². The number of urea groups is 1. The largest absolute Gasteiger partial charge is 0.481 e. The van der Waals surface area contributed by atoms with Crippen LogP contribution in [0, 0.1) is 5.41 Å². The van der Waals surface area contributed by atoms with Crippen molar-refractivity contribution >= 4 is 12.0 Å². The number of hydrogen-bond acceptors (Lipinski definition) is 3. The Balaban J connectivity index is 1.51. The topological polar surface area (TPSA) is 87.5 Å². The van der Waals surface area contributed by atoms with Crippen LogP contribution in [0.3, 0.4) is 0 Å². The first kappa shape index (κ1) is 17.0. The predicted octanol–water partition coefficient (Wildman–Crippen LogP) is 1.94. The molecular weight excluding hydrogens is 320 g/mol. The number of carbonyl (C=O) groups is 2. The summed E-state index contributed by atoms with van der Waals surface area (Å²) in [4.78, 5) is 25.0. The van der Waals surface area contributed by atoms with Crippen LogP contribution in [0.4, 0.5) is 4.79 Å². The van der Waals surface area contributed by atoms with E-state index in [9.17, 15) is 14.7 Å². The second-order valence-corrected chi connectivity index (χ2v) is 6.73. The Bertz CT molecular complexity index is 759. The maximum atomic E-state index is 12.2. The lowest BCUT2D eigenvalue weighted by Gasteiger charge is -2.20. The van der Waals surface area contributed by atoms with Gasteiger partial charge in [0.05, 0.1) is 18.2 Å². The number of hydrogen-bond donors (Lipinski definition) is 2. The summed E-state index contributed by atoms with van der Waals surface area (Å²) >= 11 is 0. The van der Waals surface area contributed by atoms with Crippen LogP contribution in [0.1, 0.15) is 24.5 Å². The SMILES string of the molecule is CC1(C(=O)O)CCN(C(=O)NCc2cnn(Cc3ccccc3)c2)C1. The zero-order valence-electron chi connectivity index (χ0n) is 14.2. The van der Waals surface area contributed by atoms with Gasteiger partial charge in [0.2, 0.25) is 0 Å². The summed E-state index contributed by atoms with van der Waals surface area (Å²) in [7, 11) is 0. The van der Waals surface area contributed by atoms with E-state index >= 15 is 0 Å². The first-order valence-electron chi connectivity index (χ1n) is 8.28. The fourth-order valence-corrected chi connectivity index (χ4v) is 2.95. The van der Waals surface area contributed by atoms with Gasteiger partial charge in [0.25, 0.3) is 0 Å². The van der Waals surface area contributed by atoms with Crippen molar-refractivity contribution in [2.24, 2.45) is 5.41 Å². The molecule has 0 spiro atoms. The van der Waals surface area contributed by atoms with Crippen LogP contribution in [0.15, 0.2) is 42.7 Å². The van der Waals surface area contributed by atoms with Crippen LogP contribution < -0.4 is 5.32 Å². The van der Waals surface area contributed by atoms with Crippen LogP contribution in [0.25, 0.3) is 0 Å². The Morgan fingerprint density at radius 1 is 1.28 bits per heavy atom. The van der Waals surface area contributed by atoms with Gasteiger partial charge in [-0.05, 0) is 18.9 Å². The third-order valence-corrected chi connectivity index (χ3v) is 4.59. The minimum Gasteiger partial charge on any atom is -0.481 e. The van der Waals surface area contributed by atoms with E-state index in [1.165, 1.54) is 0 Å². The molecule has 1 aliphatic rings. The van der Waals surface area contributed by atoms with Gasteiger partial charge in [-0.3, -0.25) is 9.48 Å². The highest BCUT2D eigenvalue weighted by atomic mass is 16.4. The second kappa shape index (κ2) is 6.96. The van der Waals surface area contributed by atoms with E-state index < -0.39 is 11.4 Å². The fourth-order valence-electron chi connectivity index (χ4n) is 2.95. The first-order valence-corrected chi connectivity index (χ1v) is 8.28. The maximum Gasteiger partial charge on any atom is 0.317 e. The van der Waals surface area contributed by atoms with Crippen molar-refractivity contribution in [2.75, 3.05) is 13.1 Å². The van der Waals surface area contributed by atoms with Crippen LogP contribution in [0.5, 0.6) is 0 Å². The molecule has 25 heavy (non-hydrogen) atoms. The molecule has 0 bridgehead atoms. The quantitative estimate of drug-likeness (QED) is 0.869. The van der Waals surface area contributed by atoms with Crippen molar-refractivity contribution in [1.29, 1.82) is 0 Å². The van der Waals surface area contributed by atoms with Crippen LogP contribution in [-0.4, -0.2) is 44.9 Å². The molecule has 1 unspecified atom stereocenters. The van der Waals surface area contributed by atoms with E-state index in [0.29, 0.717) is 26.1 Å². The minimum atomic E-state index is -0.856. The van der Waals surface area contributed by atoms with Gasteiger partial charge < -0.3 is 15.3 Å². The molecule has 1 atom stereocenters. The number of aromatic nitrogens is 2. The highest BCUT2D eigenvalue weighted by Gasteiger charge is 2.42. The molecule has 0 aliphatic carbocycles. The molecule has 132 valence electrons. The number of carbonyl (C=O) groups excluding carboxylic acids is 1. The molecule has 3 rings (SSSR count). The van der Waals surface area contributed by atoms with E-state index in [2.05, 4.69) is 10.4 Å². The zero-order valence-corrected chi connectivity index (χ0v) is 14.2. The van der Waals surface area contributed by atoms with Crippen LogP contribution in [0.2, 0.25) is 0 Å². The molecule has 1 fully saturated rings. The standard InChI is InChI=1S/C18H22N4O3/c1-18(16(23)24)7-8-21(13-18)17(25)19-9-15-10-20-22(12-15)11-14-5-3-2-4-6-14/h2-6,10,12H,7-9,11,13H2,1H3,(H,19,25)(H,23,24). The van der Waals surface area contributed by atoms with Gasteiger partial charge in [0.1, 0.15) is 0 Å². The van der Waals surface area contributed by atoms with E-state index in [4.69, 9.17) is 0 Å². The second-order valence-electron chi connectivity index (χ2n) is 6.73. The van der Waals surface area contributed by atoms with Crippen molar-refractivity contribution in [3.8, 4) is 0 Å². The number of carboxylic acids is 1. The van der Waals surface area contributed by atoms with E-state index in [1.807, 2.05) is 41.2 Å². The Hall–Kier alpha value is -2.83. The molecule has 1 saturated heterocycles. The highest BCUT2D eigenvalue weighted by Crippen LogP contribution is 2.29. The summed E-state index contributed by atoms with van der Waals surface area (Å²) in [5, 5.41) is 16.4. The summed E-state index contributed by atoms with van der Waals surface area (Å²) in [6.07, 6.45) is 4.11. The Morgan fingerprint density at radius 2 is 2.04 bits per heavy atom. The Labute approximate surface area is 146 Å². The van der Waals surface area contributed by atoms with E-state index in [-0.39, 0.29) is 12.6 Å². The van der Waals surface area contributed by atoms with Gasteiger partial charge in [-0.2, -0.15) is 5.10 Å². The van der Waals surface area contributed by atoms with Gasteiger partial charge in [-0.25, -0.2) is 4.79 Å². The molecule has 2 amide bonds. The normalized spacial score (nSPS) is 19.8. The molecule has 1 aliphatic heterocycles. The average Bonchev–Trinajstić information content (AvgIpc) is 3.21. The molecule has 2 N–H and O–H groups in total. The fraction of sp³-hybridized carbons (Fsp3) is 0.389. The van der Waals surface area contributed by atoms with Crippen molar-refractivity contribution in [1.82, 2.24) is 20.0 Å². The van der Waals surface area contributed by atoms with Crippen molar-refractivity contribution in [3.63, 3.8) is 0 Å². The van der Waals surface area contributed by atoms with Gasteiger partial charge >= 0.3 is 12.0 Å². The number of carboxylic acid groups (broad SMARTS) is 1. The molecule has 0 radical (unpaired) electrons. The predicted molar refractivity (Wildman–Crippen MR) is 91.9 cm³/mol. The van der Waals surface area contributed by atoms with Crippen LogP contribution in [-0.2, 0) is 17.9 Å². The lowest BCUT2D eigenvalue weighted by molar-refractivity contribution is -0.147. The van der Waals surface area contributed by atoms with Gasteiger partial charge in [-0.15, -0.1) is 0 Å². The van der Waals surface area contributed by atoms with Gasteiger partial charge in [0, 0.05) is 31.4 Å². The summed E-state index contributed by atoms with van der Waals surface area (Å²) < 4.78 is 1.83. The molecule has 2 heterocycles. The highest BCUT2D eigenvalue weighted by molar-refractivity contribution is 5.79. The number of amides is 2. The van der Waals surface area contributed by atoms with Crippen molar-refractivity contribution in [2.45, 2.75) is 26.4 Å². The number of benzene rings is 1. The smallest absolute Gasteiger partial charge is 0.317 e. The third-order valence-electron chi connectivity index (χ3n) is 4.59. The lowest BCUT2D eigenvalue weighted by atomic mass is 9.90. The zero-order chi connectivity index (χ0) is 17.9. The van der Waals surface area contributed by atoms with E-state index in [0.717, 1.165) is 11.1 Å². The summed E-state index contributed by atoms with van der Waals surface area (Å²) in [6.45, 7) is 3.42. The summed E-state index contributed by atoms with van der Waals surface area (Å²) in [5.74, 6) is -0.856. The number of nitrogens with one attached hydrogen (secondary N) is 1. The number of likely N-dealkylation sites (tertiary alicyclic amines) is 1. The maximum absolute atomic E-state index is 12.2. The van der Waals surface area contributed by atoms with Crippen molar-refractivity contribution < 1.29 is 14.7 Å². The molecule has 1 aromatic carbocycles. The molecule has 7 nitrogen and oxygen atoms in total. The summed E-state index contributed by atoms with van der Waals surface area (Å²) in [6, 6.07) is 9.79. The number of rotatable bonds is 5. The molecule has 7 heteroatoms. The Morgan fingerprint density at radius 3 is 2.72 bits per heavy atom. The molecule has 1 aromatic heterocycles. The molecule has 2 aromatic rings.